The number of nitrogens with two attached hydrogens (primary N) is 1. The zero-order chi connectivity index (χ0) is 12.3. The Balaban J connectivity index is 1.91. The van der Waals surface area contributed by atoms with Crippen LogP contribution in [0.15, 0.2) is 34.8 Å². The number of halogens is 1. The second kappa shape index (κ2) is 5.67. The molecule has 1 heterocycles. The minimum Gasteiger partial charge on any atom is -0.399 e. The van der Waals surface area contributed by atoms with Crippen molar-refractivity contribution in [3.05, 3.63) is 50.1 Å². The minimum atomic E-state index is 0.803. The summed E-state index contributed by atoms with van der Waals surface area (Å²) in [6, 6.07) is 10.2. The fourth-order valence-electron chi connectivity index (χ4n) is 1.63. The summed E-state index contributed by atoms with van der Waals surface area (Å²) in [5, 5.41) is 3.42. The summed E-state index contributed by atoms with van der Waals surface area (Å²) >= 11 is 5.36. The molecule has 0 aliphatic rings. The van der Waals surface area contributed by atoms with E-state index in [2.05, 4.69) is 40.3 Å². The highest BCUT2D eigenvalue weighted by molar-refractivity contribution is 9.10. The van der Waals surface area contributed by atoms with Gasteiger partial charge in [0.1, 0.15) is 0 Å². The fraction of sp³-hybridized carbons (Fsp3) is 0.231. The van der Waals surface area contributed by atoms with Crippen LogP contribution in [0.3, 0.4) is 0 Å². The van der Waals surface area contributed by atoms with Crippen molar-refractivity contribution in [2.24, 2.45) is 0 Å². The van der Waals surface area contributed by atoms with Gasteiger partial charge in [-0.3, -0.25) is 0 Å². The molecule has 0 bridgehead atoms. The van der Waals surface area contributed by atoms with E-state index >= 15 is 0 Å². The Morgan fingerprint density at radius 2 is 2.06 bits per heavy atom. The highest BCUT2D eigenvalue weighted by atomic mass is 79.9. The minimum absolute atomic E-state index is 0.803. The van der Waals surface area contributed by atoms with Crippen molar-refractivity contribution in [3.63, 3.8) is 0 Å². The van der Waals surface area contributed by atoms with Crippen LogP contribution in [0.2, 0.25) is 0 Å². The molecule has 0 radical (unpaired) electrons. The number of hydrogen-bond donors (Lipinski definition) is 2. The largest absolute Gasteiger partial charge is 0.399 e. The van der Waals surface area contributed by atoms with Gasteiger partial charge in [0.25, 0.3) is 0 Å². The summed E-state index contributed by atoms with van der Waals surface area (Å²) in [6.45, 7) is 3.85. The zero-order valence-electron chi connectivity index (χ0n) is 9.66. The second-order valence-electron chi connectivity index (χ2n) is 3.97. The predicted molar refractivity (Wildman–Crippen MR) is 78.2 cm³/mol. The lowest BCUT2D eigenvalue weighted by atomic mass is 10.2. The van der Waals surface area contributed by atoms with Crippen LogP contribution in [0.4, 0.5) is 5.69 Å². The van der Waals surface area contributed by atoms with Crippen molar-refractivity contribution in [3.8, 4) is 0 Å². The summed E-state index contributed by atoms with van der Waals surface area (Å²) < 4.78 is 1.10. The van der Waals surface area contributed by atoms with Crippen LogP contribution < -0.4 is 11.1 Å². The molecule has 2 rings (SSSR count). The Labute approximate surface area is 114 Å². The van der Waals surface area contributed by atoms with E-state index in [9.17, 15) is 0 Å². The molecule has 0 fully saturated rings. The second-order valence-corrected chi connectivity index (χ2v) is 6.19. The maximum Gasteiger partial charge on any atom is 0.0318 e. The first-order valence-corrected chi connectivity index (χ1v) is 7.06. The molecule has 0 aliphatic carbocycles. The molecule has 0 aliphatic heterocycles. The summed E-state index contributed by atoms with van der Waals surface area (Å²) in [7, 11) is 0. The van der Waals surface area contributed by atoms with E-state index in [4.69, 9.17) is 5.73 Å². The Morgan fingerprint density at radius 3 is 2.76 bits per heavy atom. The van der Waals surface area contributed by atoms with E-state index in [1.54, 1.807) is 0 Å². The lowest BCUT2D eigenvalue weighted by Gasteiger charge is -2.07. The standard InChI is InChI=1S/C13H15BrN2S/c1-9-2-4-12(17-9)8-16-7-10-6-11(15)3-5-13(10)14/h2-6,16H,7-8,15H2,1H3. The monoisotopic (exact) mass is 310 g/mol. The van der Waals surface area contributed by atoms with Crippen molar-refractivity contribution < 1.29 is 0 Å². The molecule has 0 amide bonds. The molecule has 2 aromatic rings. The van der Waals surface area contributed by atoms with Crippen LogP contribution in [0.1, 0.15) is 15.3 Å². The molecule has 0 unspecified atom stereocenters. The van der Waals surface area contributed by atoms with Crippen LogP contribution in [-0.4, -0.2) is 0 Å². The van der Waals surface area contributed by atoms with E-state index in [1.807, 2.05) is 29.5 Å². The topological polar surface area (TPSA) is 38.0 Å². The van der Waals surface area contributed by atoms with Crippen LogP contribution in [0, 0.1) is 6.92 Å². The normalized spacial score (nSPS) is 10.7. The summed E-state index contributed by atoms with van der Waals surface area (Å²) in [6.07, 6.45) is 0. The van der Waals surface area contributed by atoms with Gasteiger partial charge >= 0.3 is 0 Å². The van der Waals surface area contributed by atoms with Gasteiger partial charge in [-0.15, -0.1) is 11.3 Å². The summed E-state index contributed by atoms with van der Waals surface area (Å²) in [4.78, 5) is 2.72. The Morgan fingerprint density at radius 1 is 1.24 bits per heavy atom. The molecule has 0 atom stereocenters. The number of nitrogens with one attached hydrogen (secondary N) is 1. The quantitative estimate of drug-likeness (QED) is 0.845. The van der Waals surface area contributed by atoms with E-state index in [0.717, 1.165) is 23.2 Å². The maximum absolute atomic E-state index is 5.77. The van der Waals surface area contributed by atoms with Crippen molar-refractivity contribution in [1.29, 1.82) is 0 Å². The van der Waals surface area contributed by atoms with Crippen LogP contribution >= 0.6 is 27.3 Å². The van der Waals surface area contributed by atoms with E-state index in [0.29, 0.717) is 0 Å². The number of anilines is 1. The third-order valence-corrected chi connectivity index (χ3v) is 4.25. The van der Waals surface area contributed by atoms with Crippen LogP contribution in [0.25, 0.3) is 0 Å². The first kappa shape index (κ1) is 12.6. The van der Waals surface area contributed by atoms with Gasteiger partial charge in [0.05, 0.1) is 0 Å². The molecule has 4 heteroatoms. The zero-order valence-corrected chi connectivity index (χ0v) is 12.1. The van der Waals surface area contributed by atoms with Crippen molar-refractivity contribution in [2.45, 2.75) is 20.0 Å². The first-order valence-electron chi connectivity index (χ1n) is 5.45. The first-order chi connectivity index (χ1) is 8.15. The average Bonchev–Trinajstić information content (AvgIpc) is 2.69. The lowest BCUT2D eigenvalue weighted by Crippen LogP contribution is -2.12. The molecule has 2 nitrogen and oxygen atoms in total. The van der Waals surface area contributed by atoms with Gasteiger partial charge in [0.15, 0.2) is 0 Å². The SMILES string of the molecule is Cc1ccc(CNCc2cc(N)ccc2Br)s1. The highest BCUT2D eigenvalue weighted by Gasteiger charge is 2.01. The smallest absolute Gasteiger partial charge is 0.0318 e. The number of nitrogen functional groups attached to an aromatic ring is 1. The molecule has 0 saturated carbocycles. The molecule has 90 valence electrons. The molecule has 0 spiro atoms. The Kier molecular flexibility index (Phi) is 4.20. The van der Waals surface area contributed by atoms with Gasteiger partial charge in [-0.05, 0) is 42.8 Å². The Bertz CT molecular complexity index is 508. The van der Waals surface area contributed by atoms with Crippen LogP contribution in [0.5, 0.6) is 0 Å². The Hall–Kier alpha value is -0.840. The van der Waals surface area contributed by atoms with Gasteiger partial charge in [0, 0.05) is 33.0 Å². The van der Waals surface area contributed by atoms with Gasteiger partial charge < -0.3 is 11.1 Å². The van der Waals surface area contributed by atoms with E-state index < -0.39 is 0 Å². The maximum atomic E-state index is 5.77. The van der Waals surface area contributed by atoms with Crippen molar-refractivity contribution >= 4 is 33.0 Å². The molecule has 17 heavy (non-hydrogen) atoms. The molecule has 0 saturated heterocycles. The number of hydrogen-bond acceptors (Lipinski definition) is 3. The number of rotatable bonds is 4. The van der Waals surface area contributed by atoms with Gasteiger partial charge in [-0.2, -0.15) is 0 Å². The van der Waals surface area contributed by atoms with Crippen LogP contribution in [-0.2, 0) is 13.1 Å². The third kappa shape index (κ3) is 3.56. The third-order valence-electron chi connectivity index (χ3n) is 2.48. The number of aryl methyl sites for hydroxylation is 1. The predicted octanol–water partition coefficient (Wildman–Crippen LogP) is 3.69. The van der Waals surface area contributed by atoms with Gasteiger partial charge in [0.2, 0.25) is 0 Å². The van der Waals surface area contributed by atoms with Crippen molar-refractivity contribution in [1.82, 2.24) is 5.32 Å². The van der Waals surface area contributed by atoms with E-state index in [-0.39, 0.29) is 0 Å². The molecular weight excluding hydrogens is 296 g/mol. The summed E-state index contributed by atoms with van der Waals surface area (Å²) in [5.74, 6) is 0. The lowest BCUT2D eigenvalue weighted by molar-refractivity contribution is 0.699. The van der Waals surface area contributed by atoms with E-state index in [1.165, 1.54) is 15.3 Å². The average molecular weight is 311 g/mol. The fourth-order valence-corrected chi connectivity index (χ4v) is 2.88. The number of thiophene rings is 1. The van der Waals surface area contributed by atoms with Gasteiger partial charge in [-0.1, -0.05) is 15.9 Å². The molecule has 1 aromatic carbocycles. The molecular formula is C13H15BrN2S. The van der Waals surface area contributed by atoms with Crippen molar-refractivity contribution in [2.75, 3.05) is 5.73 Å². The number of benzene rings is 1. The molecule has 1 aromatic heterocycles. The summed E-state index contributed by atoms with van der Waals surface area (Å²) in [5.41, 5.74) is 7.76. The molecule has 3 N–H and O–H groups in total. The van der Waals surface area contributed by atoms with Gasteiger partial charge in [-0.25, -0.2) is 0 Å². The highest BCUT2D eigenvalue weighted by Crippen LogP contribution is 2.20.